The molecule has 1 aromatic carbocycles. The first kappa shape index (κ1) is 25.4. The summed E-state index contributed by atoms with van der Waals surface area (Å²) >= 11 is 0. The summed E-state index contributed by atoms with van der Waals surface area (Å²) in [4.78, 5) is 9.59. The maximum Gasteiger partial charge on any atom is 0.191 e. The quantitative estimate of drug-likeness (QED) is 0.319. The van der Waals surface area contributed by atoms with Gasteiger partial charge in [-0.05, 0) is 62.2 Å². The number of aliphatic imine (C=N–C) groups is 1. The third-order valence-electron chi connectivity index (χ3n) is 6.32. The molecular formula is C24H42IN5. The summed E-state index contributed by atoms with van der Waals surface area (Å²) in [7, 11) is 1.87. The van der Waals surface area contributed by atoms with Crippen molar-refractivity contribution in [3.05, 3.63) is 35.4 Å². The molecule has 0 bridgehead atoms. The summed E-state index contributed by atoms with van der Waals surface area (Å²) in [5.41, 5.74) is 2.73. The largest absolute Gasteiger partial charge is 0.354 e. The van der Waals surface area contributed by atoms with E-state index in [1.54, 1.807) is 0 Å². The lowest BCUT2D eigenvalue weighted by atomic mass is 9.99. The van der Waals surface area contributed by atoms with Crippen LogP contribution in [0.4, 0.5) is 0 Å². The number of rotatable bonds is 7. The topological polar surface area (TPSA) is 42.9 Å². The normalized spacial score (nSPS) is 21.8. The summed E-state index contributed by atoms with van der Waals surface area (Å²) in [6.07, 6.45) is 6.37. The first-order valence-corrected chi connectivity index (χ1v) is 11.7. The van der Waals surface area contributed by atoms with Gasteiger partial charge < -0.3 is 15.5 Å². The number of hydrogen-bond donors (Lipinski definition) is 2. The van der Waals surface area contributed by atoms with Gasteiger partial charge in [0.25, 0.3) is 0 Å². The van der Waals surface area contributed by atoms with Crippen molar-refractivity contribution in [2.45, 2.75) is 65.1 Å². The Labute approximate surface area is 201 Å². The molecule has 1 unspecified atom stereocenters. The average Bonchev–Trinajstić information content (AvgIpc) is 2.74. The van der Waals surface area contributed by atoms with Crippen LogP contribution in [-0.2, 0) is 13.1 Å². The average molecular weight is 528 g/mol. The van der Waals surface area contributed by atoms with Gasteiger partial charge >= 0.3 is 0 Å². The smallest absolute Gasteiger partial charge is 0.191 e. The van der Waals surface area contributed by atoms with Gasteiger partial charge in [0, 0.05) is 45.8 Å². The minimum atomic E-state index is 0. The molecule has 0 amide bonds. The Hall–Kier alpha value is -0.860. The molecule has 2 aliphatic rings. The monoisotopic (exact) mass is 527 g/mol. The van der Waals surface area contributed by atoms with Crippen LogP contribution in [-0.4, -0.2) is 61.6 Å². The second-order valence-electron chi connectivity index (χ2n) is 8.99. The summed E-state index contributed by atoms with van der Waals surface area (Å²) in [5.74, 6) is 1.76. The first-order valence-electron chi connectivity index (χ1n) is 11.7. The van der Waals surface area contributed by atoms with Gasteiger partial charge in [0.05, 0.1) is 0 Å². The van der Waals surface area contributed by atoms with E-state index in [9.17, 15) is 0 Å². The zero-order valence-electron chi connectivity index (χ0n) is 19.2. The molecule has 3 rings (SSSR count). The Morgan fingerprint density at radius 3 is 2.37 bits per heavy atom. The summed E-state index contributed by atoms with van der Waals surface area (Å²) in [6.45, 7) is 12.6. The fraction of sp³-hybridized carbons (Fsp3) is 0.708. The SMILES string of the molecule is CCCN1CCC(NC(=NC)NCc2ccc(CN3CCCC(C)C3)cc2)CC1.I. The fourth-order valence-electron chi connectivity index (χ4n) is 4.64. The lowest BCUT2D eigenvalue weighted by molar-refractivity contribution is 0.176. The third-order valence-corrected chi connectivity index (χ3v) is 6.32. The number of nitrogens with zero attached hydrogens (tertiary/aromatic N) is 3. The van der Waals surface area contributed by atoms with Crippen molar-refractivity contribution in [2.24, 2.45) is 10.9 Å². The van der Waals surface area contributed by atoms with Crippen molar-refractivity contribution in [2.75, 3.05) is 39.8 Å². The number of hydrogen-bond acceptors (Lipinski definition) is 3. The molecule has 0 saturated carbocycles. The van der Waals surface area contributed by atoms with E-state index in [-0.39, 0.29) is 24.0 Å². The van der Waals surface area contributed by atoms with E-state index >= 15 is 0 Å². The van der Waals surface area contributed by atoms with Gasteiger partial charge in [0.1, 0.15) is 0 Å². The molecule has 0 aromatic heterocycles. The molecule has 0 aliphatic carbocycles. The minimum Gasteiger partial charge on any atom is -0.354 e. The summed E-state index contributed by atoms with van der Waals surface area (Å²) < 4.78 is 0. The summed E-state index contributed by atoms with van der Waals surface area (Å²) in [6, 6.07) is 9.62. The van der Waals surface area contributed by atoms with Gasteiger partial charge in [-0.25, -0.2) is 0 Å². The van der Waals surface area contributed by atoms with Gasteiger partial charge in [0.2, 0.25) is 0 Å². The predicted molar refractivity (Wildman–Crippen MR) is 139 cm³/mol. The van der Waals surface area contributed by atoms with Crippen LogP contribution >= 0.6 is 24.0 Å². The predicted octanol–water partition coefficient (Wildman–Crippen LogP) is 4.08. The lowest BCUT2D eigenvalue weighted by Gasteiger charge is -2.32. The molecule has 1 aromatic rings. The second-order valence-corrected chi connectivity index (χ2v) is 8.99. The molecule has 6 heteroatoms. The van der Waals surface area contributed by atoms with E-state index in [1.807, 2.05) is 7.05 Å². The van der Waals surface area contributed by atoms with Crippen LogP contribution in [0.3, 0.4) is 0 Å². The van der Waals surface area contributed by atoms with Crippen LogP contribution in [0.1, 0.15) is 57.1 Å². The molecule has 0 spiro atoms. The molecule has 1 atom stereocenters. The van der Waals surface area contributed by atoms with Crippen molar-refractivity contribution in [1.29, 1.82) is 0 Å². The van der Waals surface area contributed by atoms with Crippen LogP contribution in [0.5, 0.6) is 0 Å². The number of benzene rings is 1. The van der Waals surface area contributed by atoms with Gasteiger partial charge in [-0.15, -0.1) is 24.0 Å². The Morgan fingerprint density at radius 2 is 1.73 bits per heavy atom. The highest BCUT2D eigenvalue weighted by molar-refractivity contribution is 14.0. The molecule has 2 saturated heterocycles. The number of likely N-dealkylation sites (tertiary alicyclic amines) is 2. The Morgan fingerprint density at radius 1 is 1.03 bits per heavy atom. The van der Waals surface area contributed by atoms with E-state index in [0.717, 1.165) is 25.0 Å². The zero-order valence-corrected chi connectivity index (χ0v) is 21.5. The van der Waals surface area contributed by atoms with Gasteiger partial charge in [-0.3, -0.25) is 9.89 Å². The molecule has 30 heavy (non-hydrogen) atoms. The van der Waals surface area contributed by atoms with Crippen molar-refractivity contribution >= 4 is 29.9 Å². The maximum absolute atomic E-state index is 4.43. The van der Waals surface area contributed by atoms with E-state index in [4.69, 9.17) is 0 Å². The van der Waals surface area contributed by atoms with Gasteiger partial charge in [0.15, 0.2) is 5.96 Å². The third kappa shape index (κ3) is 8.35. The number of nitrogens with one attached hydrogen (secondary N) is 2. The number of guanidine groups is 1. The zero-order chi connectivity index (χ0) is 20.5. The second kappa shape index (κ2) is 13.5. The van der Waals surface area contributed by atoms with Crippen LogP contribution in [0.25, 0.3) is 0 Å². The van der Waals surface area contributed by atoms with Crippen molar-refractivity contribution in [3.8, 4) is 0 Å². The lowest BCUT2D eigenvalue weighted by Crippen LogP contribution is -2.48. The molecule has 2 heterocycles. The van der Waals surface area contributed by atoms with Gasteiger partial charge in [-0.2, -0.15) is 0 Å². The van der Waals surface area contributed by atoms with Crippen molar-refractivity contribution in [3.63, 3.8) is 0 Å². The summed E-state index contributed by atoms with van der Waals surface area (Å²) in [5, 5.41) is 7.10. The molecule has 2 aliphatic heterocycles. The highest BCUT2D eigenvalue weighted by atomic mass is 127. The molecular weight excluding hydrogens is 485 g/mol. The molecule has 0 radical (unpaired) electrons. The van der Waals surface area contributed by atoms with E-state index in [0.29, 0.717) is 6.04 Å². The number of piperidine rings is 2. The van der Waals surface area contributed by atoms with E-state index in [2.05, 4.69) is 63.5 Å². The van der Waals surface area contributed by atoms with E-state index < -0.39 is 0 Å². The highest BCUT2D eigenvalue weighted by Gasteiger charge is 2.19. The molecule has 5 nitrogen and oxygen atoms in total. The molecule has 2 N–H and O–H groups in total. The highest BCUT2D eigenvalue weighted by Crippen LogP contribution is 2.18. The van der Waals surface area contributed by atoms with Crippen LogP contribution < -0.4 is 10.6 Å². The molecule has 170 valence electrons. The molecule has 2 fully saturated rings. The minimum absolute atomic E-state index is 0. The Bertz CT molecular complexity index is 625. The Balaban J connectivity index is 0.00000320. The van der Waals surface area contributed by atoms with E-state index in [1.165, 1.54) is 76.0 Å². The Kier molecular flexibility index (Phi) is 11.5. The fourth-order valence-corrected chi connectivity index (χ4v) is 4.64. The number of halogens is 1. The van der Waals surface area contributed by atoms with Gasteiger partial charge in [-0.1, -0.05) is 38.1 Å². The standard InChI is InChI=1S/C24H41N5.HI/c1-4-13-28-15-11-23(12-16-28)27-24(25-3)26-17-21-7-9-22(10-8-21)19-29-14-5-6-20(2)18-29;/h7-10,20,23H,4-6,11-19H2,1-3H3,(H2,25,26,27);1H. The van der Waals surface area contributed by atoms with Crippen LogP contribution in [0.15, 0.2) is 29.3 Å². The maximum atomic E-state index is 4.43. The van der Waals surface area contributed by atoms with Crippen LogP contribution in [0, 0.1) is 5.92 Å². The van der Waals surface area contributed by atoms with Crippen molar-refractivity contribution in [1.82, 2.24) is 20.4 Å². The first-order chi connectivity index (χ1) is 14.2. The van der Waals surface area contributed by atoms with Crippen LogP contribution in [0.2, 0.25) is 0 Å². The van der Waals surface area contributed by atoms with Crippen molar-refractivity contribution < 1.29 is 0 Å².